The minimum absolute atomic E-state index is 0.0175. The first kappa shape index (κ1) is 17.5. The number of hydrogen-bond acceptors (Lipinski definition) is 4. The van der Waals surface area contributed by atoms with E-state index in [1.165, 1.54) is 27.1 Å². The van der Waals surface area contributed by atoms with Crippen molar-refractivity contribution in [3.63, 3.8) is 0 Å². The van der Waals surface area contributed by atoms with E-state index in [0.29, 0.717) is 18.7 Å². The standard InChI is InChI=1S/C13H19FN2O4S/c1-10-8-11(14)4-5-12(10)21(18,19)16(2)9-13(17)15-6-7-20-3/h4-5,8H,6-7,9H2,1-3H3,(H,15,17). The number of hydrogen-bond donors (Lipinski definition) is 1. The smallest absolute Gasteiger partial charge is 0.243 e. The van der Waals surface area contributed by atoms with E-state index < -0.39 is 21.7 Å². The minimum Gasteiger partial charge on any atom is -0.383 e. The predicted octanol–water partition coefficient (Wildman–Crippen LogP) is 0.517. The lowest BCUT2D eigenvalue weighted by molar-refractivity contribution is -0.121. The van der Waals surface area contributed by atoms with Crippen molar-refractivity contribution in [3.8, 4) is 0 Å². The molecule has 0 radical (unpaired) electrons. The van der Waals surface area contributed by atoms with Crippen LogP contribution in [0.5, 0.6) is 0 Å². The number of likely N-dealkylation sites (N-methyl/N-ethyl adjacent to an activating group) is 1. The minimum atomic E-state index is -3.84. The first-order valence-electron chi connectivity index (χ1n) is 6.27. The lowest BCUT2D eigenvalue weighted by Gasteiger charge is -2.18. The maximum atomic E-state index is 13.0. The molecule has 0 aliphatic carbocycles. The van der Waals surface area contributed by atoms with E-state index >= 15 is 0 Å². The van der Waals surface area contributed by atoms with Crippen LogP contribution in [0.2, 0.25) is 0 Å². The molecule has 0 heterocycles. The highest BCUT2D eigenvalue weighted by atomic mass is 32.2. The number of ether oxygens (including phenoxy) is 1. The van der Waals surface area contributed by atoms with Crippen LogP contribution in [0.3, 0.4) is 0 Å². The number of benzene rings is 1. The van der Waals surface area contributed by atoms with Crippen LogP contribution in [-0.2, 0) is 19.6 Å². The van der Waals surface area contributed by atoms with Gasteiger partial charge in [0.15, 0.2) is 0 Å². The Bertz CT molecular complexity index is 604. The lowest BCUT2D eigenvalue weighted by Crippen LogP contribution is -2.39. The third-order valence-electron chi connectivity index (χ3n) is 2.82. The summed E-state index contributed by atoms with van der Waals surface area (Å²) in [4.78, 5) is 11.6. The molecule has 6 nitrogen and oxygen atoms in total. The van der Waals surface area contributed by atoms with Crippen LogP contribution in [-0.4, -0.2) is 52.5 Å². The van der Waals surface area contributed by atoms with Crippen molar-refractivity contribution in [2.75, 3.05) is 33.9 Å². The first-order chi connectivity index (χ1) is 9.78. The number of sulfonamides is 1. The summed E-state index contributed by atoms with van der Waals surface area (Å²) in [5.74, 6) is -0.940. The number of halogens is 1. The highest BCUT2D eigenvalue weighted by Crippen LogP contribution is 2.19. The molecule has 0 bridgehead atoms. The molecule has 1 aromatic rings. The summed E-state index contributed by atoms with van der Waals surface area (Å²) in [5.41, 5.74) is 0.293. The van der Waals surface area contributed by atoms with Crippen molar-refractivity contribution >= 4 is 15.9 Å². The summed E-state index contributed by atoms with van der Waals surface area (Å²) in [6.45, 7) is 1.84. The molecule has 1 aromatic carbocycles. The van der Waals surface area contributed by atoms with Gasteiger partial charge in [-0.2, -0.15) is 4.31 Å². The molecule has 0 fully saturated rings. The van der Waals surface area contributed by atoms with Crippen molar-refractivity contribution < 1.29 is 22.3 Å². The topological polar surface area (TPSA) is 75.7 Å². The molecule has 0 unspecified atom stereocenters. The number of amides is 1. The summed E-state index contributed by atoms with van der Waals surface area (Å²) in [7, 11) is -1.04. The molecule has 1 N–H and O–H groups in total. The second-order valence-electron chi connectivity index (χ2n) is 4.51. The van der Waals surface area contributed by atoms with Gasteiger partial charge >= 0.3 is 0 Å². The Kier molecular flexibility index (Phi) is 6.25. The van der Waals surface area contributed by atoms with E-state index in [0.717, 1.165) is 16.4 Å². The largest absolute Gasteiger partial charge is 0.383 e. The fraction of sp³-hybridized carbons (Fsp3) is 0.462. The molecule has 0 atom stereocenters. The number of nitrogens with one attached hydrogen (secondary N) is 1. The molecule has 0 saturated carbocycles. The molecular formula is C13H19FN2O4S. The van der Waals surface area contributed by atoms with Crippen LogP contribution in [0, 0.1) is 12.7 Å². The summed E-state index contributed by atoms with van der Waals surface area (Å²) in [6.07, 6.45) is 0. The zero-order valence-electron chi connectivity index (χ0n) is 12.2. The number of methoxy groups -OCH3 is 1. The highest BCUT2D eigenvalue weighted by Gasteiger charge is 2.24. The van der Waals surface area contributed by atoms with Gasteiger partial charge in [0.05, 0.1) is 18.0 Å². The third kappa shape index (κ3) is 4.76. The Hall–Kier alpha value is -1.51. The molecule has 0 aliphatic heterocycles. The molecule has 1 rings (SSSR count). The average Bonchev–Trinajstić information content (AvgIpc) is 2.38. The van der Waals surface area contributed by atoms with Crippen molar-refractivity contribution in [1.29, 1.82) is 0 Å². The molecular weight excluding hydrogens is 299 g/mol. The van der Waals surface area contributed by atoms with Crippen molar-refractivity contribution in [1.82, 2.24) is 9.62 Å². The van der Waals surface area contributed by atoms with Gasteiger partial charge in [0.25, 0.3) is 0 Å². The van der Waals surface area contributed by atoms with E-state index in [1.807, 2.05) is 0 Å². The SMILES string of the molecule is COCCNC(=O)CN(C)S(=O)(=O)c1ccc(F)cc1C. The molecule has 0 aliphatic rings. The second-order valence-corrected chi connectivity index (χ2v) is 6.53. The van der Waals surface area contributed by atoms with Gasteiger partial charge in [-0.25, -0.2) is 12.8 Å². The Morgan fingerprint density at radius 3 is 2.67 bits per heavy atom. The summed E-state index contributed by atoms with van der Waals surface area (Å²) >= 11 is 0. The van der Waals surface area contributed by atoms with Gasteiger partial charge in [-0.1, -0.05) is 0 Å². The molecule has 8 heteroatoms. The summed E-state index contributed by atoms with van der Waals surface area (Å²) < 4.78 is 43.4. The number of carbonyl (C=O) groups excluding carboxylic acids is 1. The number of rotatable bonds is 7. The summed E-state index contributed by atoms with van der Waals surface area (Å²) in [6, 6.07) is 3.41. The molecule has 0 saturated heterocycles. The maximum Gasteiger partial charge on any atom is 0.243 e. The van der Waals surface area contributed by atoms with E-state index in [2.05, 4.69) is 5.32 Å². The Morgan fingerprint density at radius 1 is 1.43 bits per heavy atom. The van der Waals surface area contributed by atoms with Gasteiger partial charge in [0.1, 0.15) is 5.82 Å². The van der Waals surface area contributed by atoms with E-state index in [4.69, 9.17) is 4.74 Å². The highest BCUT2D eigenvalue weighted by molar-refractivity contribution is 7.89. The Balaban J connectivity index is 2.80. The fourth-order valence-corrected chi connectivity index (χ4v) is 3.03. The van der Waals surface area contributed by atoms with Crippen LogP contribution in [0.25, 0.3) is 0 Å². The third-order valence-corrected chi connectivity index (χ3v) is 4.78. The van der Waals surface area contributed by atoms with Crippen LogP contribution < -0.4 is 5.32 Å². The normalized spacial score (nSPS) is 11.7. The molecule has 118 valence electrons. The predicted molar refractivity (Wildman–Crippen MR) is 75.8 cm³/mol. The number of carbonyl (C=O) groups is 1. The summed E-state index contributed by atoms with van der Waals surface area (Å²) in [5, 5.41) is 2.53. The quantitative estimate of drug-likeness (QED) is 0.744. The van der Waals surface area contributed by atoms with Crippen LogP contribution >= 0.6 is 0 Å². The van der Waals surface area contributed by atoms with Gasteiger partial charge in [0.2, 0.25) is 15.9 Å². The van der Waals surface area contributed by atoms with Gasteiger partial charge in [-0.3, -0.25) is 4.79 Å². The van der Waals surface area contributed by atoms with Crippen LogP contribution in [0.1, 0.15) is 5.56 Å². The monoisotopic (exact) mass is 318 g/mol. The van der Waals surface area contributed by atoms with Gasteiger partial charge in [0, 0.05) is 20.7 Å². The van der Waals surface area contributed by atoms with E-state index in [1.54, 1.807) is 0 Å². The first-order valence-corrected chi connectivity index (χ1v) is 7.71. The average molecular weight is 318 g/mol. The second kappa shape index (κ2) is 7.48. The van der Waals surface area contributed by atoms with E-state index in [9.17, 15) is 17.6 Å². The van der Waals surface area contributed by atoms with Gasteiger partial charge in [-0.15, -0.1) is 0 Å². The number of nitrogens with zero attached hydrogens (tertiary/aromatic N) is 1. The Morgan fingerprint density at radius 2 is 2.10 bits per heavy atom. The van der Waals surface area contributed by atoms with E-state index in [-0.39, 0.29) is 11.4 Å². The van der Waals surface area contributed by atoms with Gasteiger partial charge < -0.3 is 10.1 Å². The van der Waals surface area contributed by atoms with Crippen molar-refractivity contribution in [2.45, 2.75) is 11.8 Å². The zero-order chi connectivity index (χ0) is 16.0. The van der Waals surface area contributed by atoms with Crippen LogP contribution in [0.15, 0.2) is 23.1 Å². The fourth-order valence-electron chi connectivity index (χ4n) is 1.71. The molecule has 0 aromatic heterocycles. The zero-order valence-corrected chi connectivity index (χ0v) is 13.0. The molecule has 21 heavy (non-hydrogen) atoms. The Labute approximate surface area is 123 Å². The molecule has 1 amide bonds. The lowest BCUT2D eigenvalue weighted by atomic mass is 10.2. The van der Waals surface area contributed by atoms with Crippen molar-refractivity contribution in [3.05, 3.63) is 29.6 Å². The number of aryl methyl sites for hydroxylation is 1. The molecule has 0 spiro atoms. The maximum absolute atomic E-state index is 13.0. The van der Waals surface area contributed by atoms with Crippen molar-refractivity contribution in [2.24, 2.45) is 0 Å². The van der Waals surface area contributed by atoms with Crippen LogP contribution in [0.4, 0.5) is 4.39 Å². The van der Waals surface area contributed by atoms with Gasteiger partial charge in [-0.05, 0) is 30.7 Å².